The van der Waals surface area contributed by atoms with Crippen molar-refractivity contribution >= 4 is 11.7 Å². The maximum absolute atomic E-state index is 12.9. The molecule has 0 unspecified atom stereocenters. The number of rotatable bonds is 4. The standard InChI is InChI=1S/C21H20N8O/c30-21(17-3-5-18(6-4-17)26-9-1-2-10-26)28-13-11-27(12-14-28)19-7-8-20(25-24-19)29-16-22-15-23-29/h1-10,15-16H,11-14H2. The molecule has 0 saturated carbocycles. The molecule has 4 aromatic rings. The Morgan fingerprint density at radius 2 is 1.53 bits per heavy atom. The highest BCUT2D eigenvalue weighted by molar-refractivity contribution is 5.94. The zero-order chi connectivity index (χ0) is 20.3. The molecule has 1 aliphatic heterocycles. The minimum Gasteiger partial charge on any atom is -0.352 e. The second-order valence-corrected chi connectivity index (χ2v) is 7.01. The van der Waals surface area contributed by atoms with Crippen LogP contribution in [0.2, 0.25) is 0 Å². The van der Waals surface area contributed by atoms with Crippen LogP contribution in [0, 0.1) is 0 Å². The lowest BCUT2D eigenvalue weighted by atomic mass is 10.1. The Labute approximate surface area is 173 Å². The summed E-state index contributed by atoms with van der Waals surface area (Å²) >= 11 is 0. The van der Waals surface area contributed by atoms with E-state index in [1.54, 1.807) is 11.0 Å². The Morgan fingerprint density at radius 3 is 2.17 bits per heavy atom. The van der Waals surface area contributed by atoms with Crippen LogP contribution in [-0.2, 0) is 0 Å². The molecule has 5 rings (SSSR count). The Hall–Kier alpha value is -4.01. The van der Waals surface area contributed by atoms with E-state index < -0.39 is 0 Å². The fourth-order valence-electron chi connectivity index (χ4n) is 3.54. The summed E-state index contributed by atoms with van der Waals surface area (Å²) in [5, 5.41) is 12.6. The van der Waals surface area contributed by atoms with Gasteiger partial charge >= 0.3 is 0 Å². The average molecular weight is 400 g/mol. The van der Waals surface area contributed by atoms with E-state index in [4.69, 9.17) is 0 Å². The highest BCUT2D eigenvalue weighted by Crippen LogP contribution is 2.16. The Balaban J connectivity index is 1.21. The number of amides is 1. The van der Waals surface area contributed by atoms with Gasteiger partial charge in [0.05, 0.1) is 0 Å². The van der Waals surface area contributed by atoms with Gasteiger partial charge in [0.15, 0.2) is 11.6 Å². The quantitative estimate of drug-likeness (QED) is 0.519. The molecule has 0 atom stereocenters. The van der Waals surface area contributed by atoms with Gasteiger partial charge in [-0.2, -0.15) is 5.10 Å². The van der Waals surface area contributed by atoms with Crippen molar-refractivity contribution in [2.24, 2.45) is 0 Å². The number of nitrogens with zero attached hydrogens (tertiary/aromatic N) is 8. The maximum Gasteiger partial charge on any atom is 0.253 e. The van der Waals surface area contributed by atoms with E-state index in [0.29, 0.717) is 37.6 Å². The number of aromatic nitrogens is 6. The van der Waals surface area contributed by atoms with Gasteiger partial charge in [0.1, 0.15) is 12.7 Å². The van der Waals surface area contributed by atoms with Crippen molar-refractivity contribution in [1.82, 2.24) is 34.4 Å². The van der Waals surface area contributed by atoms with Crippen LogP contribution in [0.15, 0.2) is 73.6 Å². The lowest BCUT2D eigenvalue weighted by Gasteiger charge is -2.35. The van der Waals surface area contributed by atoms with E-state index in [9.17, 15) is 4.79 Å². The van der Waals surface area contributed by atoms with Crippen LogP contribution in [0.25, 0.3) is 11.5 Å². The maximum atomic E-state index is 12.9. The number of carbonyl (C=O) groups excluding carboxylic acids is 1. The molecule has 1 saturated heterocycles. The van der Waals surface area contributed by atoms with Crippen LogP contribution in [0.5, 0.6) is 0 Å². The molecular weight excluding hydrogens is 380 g/mol. The summed E-state index contributed by atoms with van der Waals surface area (Å²) in [4.78, 5) is 20.8. The van der Waals surface area contributed by atoms with E-state index in [0.717, 1.165) is 11.5 Å². The molecule has 4 heterocycles. The monoisotopic (exact) mass is 400 g/mol. The molecule has 0 aliphatic carbocycles. The first-order valence-corrected chi connectivity index (χ1v) is 9.74. The Kier molecular flexibility index (Phi) is 4.68. The first kappa shape index (κ1) is 18.0. The van der Waals surface area contributed by atoms with Gasteiger partial charge in [-0.3, -0.25) is 4.79 Å². The summed E-state index contributed by atoms with van der Waals surface area (Å²) < 4.78 is 3.58. The molecule has 1 amide bonds. The van der Waals surface area contributed by atoms with E-state index in [1.807, 2.05) is 70.4 Å². The first-order valence-electron chi connectivity index (χ1n) is 9.74. The molecule has 1 fully saturated rings. The molecule has 0 bridgehead atoms. The van der Waals surface area contributed by atoms with Crippen molar-refractivity contribution in [3.05, 3.63) is 79.1 Å². The highest BCUT2D eigenvalue weighted by atomic mass is 16.2. The van der Waals surface area contributed by atoms with Gasteiger partial charge < -0.3 is 14.4 Å². The summed E-state index contributed by atoms with van der Waals surface area (Å²) in [7, 11) is 0. The molecular formula is C21H20N8O. The summed E-state index contributed by atoms with van der Waals surface area (Å²) in [6.45, 7) is 2.71. The summed E-state index contributed by atoms with van der Waals surface area (Å²) in [5.41, 5.74) is 1.74. The first-order chi connectivity index (χ1) is 14.8. The Morgan fingerprint density at radius 1 is 0.833 bits per heavy atom. The van der Waals surface area contributed by atoms with Gasteiger partial charge in [0.2, 0.25) is 0 Å². The lowest BCUT2D eigenvalue weighted by molar-refractivity contribution is 0.0746. The van der Waals surface area contributed by atoms with Crippen LogP contribution in [0.4, 0.5) is 5.82 Å². The van der Waals surface area contributed by atoms with Gasteiger partial charge in [-0.15, -0.1) is 10.2 Å². The van der Waals surface area contributed by atoms with E-state index in [2.05, 4.69) is 25.2 Å². The summed E-state index contributed by atoms with van der Waals surface area (Å²) in [6.07, 6.45) is 7.01. The van der Waals surface area contributed by atoms with Crippen LogP contribution in [0.3, 0.4) is 0 Å². The molecule has 1 aromatic carbocycles. The molecule has 1 aliphatic rings. The van der Waals surface area contributed by atoms with Gasteiger partial charge in [0, 0.05) is 49.8 Å². The third kappa shape index (κ3) is 3.52. The molecule has 3 aromatic heterocycles. The summed E-state index contributed by atoms with van der Waals surface area (Å²) in [6, 6.07) is 15.4. The van der Waals surface area contributed by atoms with Crippen LogP contribution in [-0.4, -0.2) is 66.5 Å². The number of benzene rings is 1. The second kappa shape index (κ2) is 7.78. The largest absolute Gasteiger partial charge is 0.352 e. The van der Waals surface area contributed by atoms with Gasteiger partial charge in [-0.25, -0.2) is 9.67 Å². The SMILES string of the molecule is O=C(c1ccc(-n2cccc2)cc1)N1CCN(c2ccc(-n3cncn3)nn2)CC1. The third-order valence-electron chi connectivity index (χ3n) is 5.20. The molecule has 0 spiro atoms. The topological polar surface area (TPSA) is 85.0 Å². The average Bonchev–Trinajstić information content (AvgIpc) is 3.54. The normalized spacial score (nSPS) is 14.1. The molecule has 9 nitrogen and oxygen atoms in total. The number of hydrogen-bond donors (Lipinski definition) is 0. The van der Waals surface area contributed by atoms with E-state index in [1.165, 1.54) is 6.33 Å². The molecule has 150 valence electrons. The van der Waals surface area contributed by atoms with Crippen molar-refractivity contribution in [2.75, 3.05) is 31.1 Å². The highest BCUT2D eigenvalue weighted by Gasteiger charge is 2.23. The molecule has 0 radical (unpaired) electrons. The molecule has 30 heavy (non-hydrogen) atoms. The van der Waals surface area contributed by atoms with Gasteiger partial charge in [-0.05, 0) is 48.5 Å². The van der Waals surface area contributed by atoms with Crippen molar-refractivity contribution in [2.45, 2.75) is 0 Å². The van der Waals surface area contributed by atoms with Crippen molar-refractivity contribution in [3.8, 4) is 11.5 Å². The summed E-state index contributed by atoms with van der Waals surface area (Å²) in [5.74, 6) is 1.47. The fourth-order valence-corrected chi connectivity index (χ4v) is 3.54. The van der Waals surface area contributed by atoms with Crippen LogP contribution < -0.4 is 4.90 Å². The minimum absolute atomic E-state index is 0.0568. The van der Waals surface area contributed by atoms with Crippen LogP contribution >= 0.6 is 0 Å². The second-order valence-electron chi connectivity index (χ2n) is 7.01. The number of piperazine rings is 1. The molecule has 9 heteroatoms. The smallest absolute Gasteiger partial charge is 0.253 e. The van der Waals surface area contributed by atoms with Gasteiger partial charge in [-0.1, -0.05) is 0 Å². The van der Waals surface area contributed by atoms with Crippen molar-refractivity contribution in [3.63, 3.8) is 0 Å². The lowest BCUT2D eigenvalue weighted by Crippen LogP contribution is -2.49. The number of anilines is 1. The number of carbonyl (C=O) groups is 1. The number of hydrogen-bond acceptors (Lipinski definition) is 6. The minimum atomic E-state index is 0.0568. The molecule has 0 N–H and O–H groups in total. The van der Waals surface area contributed by atoms with Crippen molar-refractivity contribution in [1.29, 1.82) is 0 Å². The predicted molar refractivity (Wildman–Crippen MR) is 111 cm³/mol. The zero-order valence-corrected chi connectivity index (χ0v) is 16.2. The van der Waals surface area contributed by atoms with Crippen LogP contribution in [0.1, 0.15) is 10.4 Å². The van der Waals surface area contributed by atoms with E-state index >= 15 is 0 Å². The van der Waals surface area contributed by atoms with Gasteiger partial charge in [0.25, 0.3) is 5.91 Å². The fraction of sp³-hybridized carbons (Fsp3) is 0.190. The van der Waals surface area contributed by atoms with Crippen molar-refractivity contribution < 1.29 is 4.79 Å². The van der Waals surface area contributed by atoms with E-state index in [-0.39, 0.29) is 5.91 Å². The Bertz CT molecular complexity index is 1100. The predicted octanol–water partition coefficient (Wildman–Crippen LogP) is 1.81. The zero-order valence-electron chi connectivity index (χ0n) is 16.2. The third-order valence-corrected chi connectivity index (χ3v) is 5.20.